The molecule has 0 aliphatic heterocycles. The van der Waals surface area contributed by atoms with Crippen molar-refractivity contribution in [3.8, 4) is 0 Å². The second-order valence-electron chi connectivity index (χ2n) is 0.976. The zero-order valence-electron chi connectivity index (χ0n) is 3.72. The van der Waals surface area contributed by atoms with E-state index in [0.717, 1.165) is 6.26 Å². The predicted octanol–water partition coefficient (Wildman–Crippen LogP) is 0.0897. The highest BCUT2D eigenvalue weighted by Gasteiger charge is 1.92. The molecule has 36 valence electrons. The Hall–Kier alpha value is -0.0500. The summed E-state index contributed by atoms with van der Waals surface area (Å²) in [6, 6.07) is 0. The Morgan fingerprint density at radius 1 is 1.50 bits per heavy atom. The van der Waals surface area contributed by atoms with Crippen LogP contribution in [-0.4, -0.2) is 14.7 Å². The Kier molecular flexibility index (Phi) is 1.59. The van der Waals surface area contributed by atoms with Crippen LogP contribution in [0, 0.1) is 5.75 Å². The van der Waals surface area contributed by atoms with Crippen molar-refractivity contribution < 1.29 is 8.42 Å². The van der Waals surface area contributed by atoms with Gasteiger partial charge in [-0.05, 0) is 6.92 Å². The van der Waals surface area contributed by atoms with Crippen LogP contribution in [0.3, 0.4) is 0 Å². The number of hydrogen-bond donors (Lipinski definition) is 0. The van der Waals surface area contributed by atoms with Gasteiger partial charge in [0.25, 0.3) is 0 Å². The molecule has 0 amide bonds. The number of hydrogen-bond acceptors (Lipinski definition) is 2. The Bertz CT molecular complexity index is 111. The van der Waals surface area contributed by atoms with Crippen LogP contribution in [0.25, 0.3) is 0 Å². The third-order valence-electron chi connectivity index (χ3n) is 0.371. The van der Waals surface area contributed by atoms with Crippen molar-refractivity contribution in [2.24, 2.45) is 0 Å². The fourth-order valence-corrected chi connectivity index (χ4v) is 0. The maximum absolute atomic E-state index is 9.89. The monoisotopic (exact) mass is 106 g/mol. The van der Waals surface area contributed by atoms with Crippen LogP contribution < -0.4 is 0 Å². The Balaban J connectivity index is 3.85. The average Bonchev–Trinajstić information content (AvgIpc) is 1.35. The maximum atomic E-state index is 9.89. The largest absolute Gasteiger partial charge is 0.228 e. The topological polar surface area (TPSA) is 34.1 Å². The zero-order valence-corrected chi connectivity index (χ0v) is 4.54. The quantitative estimate of drug-likeness (QED) is 0.474. The molecule has 0 saturated carbocycles. The Labute approximate surface area is 38.1 Å². The smallest absolute Gasteiger partial charge is 0.156 e. The lowest BCUT2D eigenvalue weighted by atomic mass is 11.0. The molecule has 6 heavy (non-hydrogen) atoms. The van der Waals surface area contributed by atoms with E-state index >= 15 is 0 Å². The third-order valence-corrected chi connectivity index (χ3v) is 1.11. The predicted molar refractivity (Wildman–Crippen MR) is 23.8 cm³/mol. The molecule has 0 unspecified atom stereocenters. The second kappa shape index (κ2) is 1.60. The minimum Gasteiger partial charge on any atom is -0.228 e. The van der Waals surface area contributed by atoms with Crippen molar-refractivity contribution in [1.29, 1.82) is 0 Å². The van der Waals surface area contributed by atoms with Gasteiger partial charge in [-0.3, -0.25) is 0 Å². The summed E-state index contributed by atoms with van der Waals surface area (Å²) in [5.74, 6) is 2.08. The fraction of sp³-hybridized carbons (Fsp3) is 0.667. The van der Waals surface area contributed by atoms with Gasteiger partial charge in [-0.2, -0.15) is 0 Å². The fourth-order valence-electron chi connectivity index (χ4n) is 0. The van der Waals surface area contributed by atoms with Crippen molar-refractivity contribution in [2.45, 2.75) is 6.92 Å². The molecule has 0 aliphatic rings. The summed E-state index contributed by atoms with van der Waals surface area (Å²) in [6.45, 7) is 1.37. The Morgan fingerprint density at radius 2 is 1.67 bits per heavy atom. The van der Waals surface area contributed by atoms with Crippen molar-refractivity contribution in [3.63, 3.8) is 0 Å². The highest BCUT2D eigenvalue weighted by Crippen LogP contribution is 1.83. The summed E-state index contributed by atoms with van der Waals surface area (Å²) in [5, 5.41) is 0. The van der Waals surface area contributed by atoms with E-state index in [1.807, 2.05) is 0 Å². The van der Waals surface area contributed by atoms with Gasteiger partial charge in [0, 0.05) is 6.26 Å². The standard InChI is InChI=1S/C3H6O2S/c1-3-6(2,4)5/h1-2H3. The van der Waals surface area contributed by atoms with E-state index in [1.54, 1.807) is 0 Å². The van der Waals surface area contributed by atoms with E-state index in [0.29, 0.717) is 0 Å². The molecule has 2 nitrogen and oxygen atoms in total. The summed E-state index contributed by atoms with van der Waals surface area (Å²) in [7, 11) is -2.91. The van der Waals surface area contributed by atoms with E-state index in [9.17, 15) is 8.42 Å². The van der Waals surface area contributed by atoms with Crippen LogP contribution in [0.2, 0.25) is 0 Å². The average molecular weight is 106 g/mol. The summed E-state index contributed by atoms with van der Waals surface area (Å²) in [5.41, 5.74) is 0. The maximum Gasteiger partial charge on any atom is 0.156 e. The third kappa shape index (κ3) is 3.95. The van der Waals surface area contributed by atoms with Gasteiger partial charge in [-0.15, -0.1) is 0 Å². The van der Waals surface area contributed by atoms with Gasteiger partial charge in [0.2, 0.25) is 0 Å². The molecule has 0 aromatic rings. The lowest BCUT2D eigenvalue weighted by molar-refractivity contribution is 0.607. The molecule has 0 saturated heterocycles. The van der Waals surface area contributed by atoms with Crippen molar-refractivity contribution in [1.82, 2.24) is 0 Å². The Morgan fingerprint density at radius 3 is 1.67 bits per heavy atom. The molecular weight excluding hydrogens is 100 g/mol. The van der Waals surface area contributed by atoms with E-state index < -0.39 is 9.84 Å². The van der Waals surface area contributed by atoms with Crippen molar-refractivity contribution >= 4 is 9.84 Å². The van der Waals surface area contributed by atoms with Crippen LogP contribution >= 0.6 is 0 Å². The van der Waals surface area contributed by atoms with Gasteiger partial charge in [0.15, 0.2) is 9.84 Å². The molecular formula is C3H6O2S. The molecule has 0 heterocycles. The van der Waals surface area contributed by atoms with Gasteiger partial charge in [-0.25, -0.2) is 8.42 Å². The minimum absolute atomic E-state index is 1.10. The molecule has 0 rings (SSSR count). The van der Waals surface area contributed by atoms with E-state index in [-0.39, 0.29) is 0 Å². The molecule has 0 fully saturated rings. The van der Waals surface area contributed by atoms with Crippen LogP contribution in [-0.2, 0) is 9.84 Å². The van der Waals surface area contributed by atoms with Gasteiger partial charge in [0.05, 0.1) is 0 Å². The molecule has 0 spiro atoms. The molecule has 0 aliphatic carbocycles. The van der Waals surface area contributed by atoms with Gasteiger partial charge in [0.1, 0.15) is 5.75 Å². The first-order chi connectivity index (χ1) is 2.56. The van der Waals surface area contributed by atoms with Crippen LogP contribution in [0.1, 0.15) is 6.92 Å². The number of rotatable bonds is 1. The zero-order chi connectivity index (χ0) is 5.21. The summed E-state index contributed by atoms with van der Waals surface area (Å²) in [4.78, 5) is 0. The summed E-state index contributed by atoms with van der Waals surface area (Å²) >= 11 is 0. The molecule has 0 atom stereocenters. The molecule has 3 heteroatoms. The van der Waals surface area contributed by atoms with E-state index in [4.69, 9.17) is 0 Å². The normalized spacial score (nSPS) is 11.7. The van der Waals surface area contributed by atoms with Crippen LogP contribution in [0.5, 0.6) is 0 Å². The SMILES string of the molecule is C[C]S(C)(=O)=O. The van der Waals surface area contributed by atoms with E-state index in [1.165, 1.54) is 6.92 Å². The minimum atomic E-state index is -2.91. The number of sulfone groups is 1. The molecule has 2 radical (unpaired) electrons. The first-order valence-electron chi connectivity index (χ1n) is 1.45. The van der Waals surface area contributed by atoms with Gasteiger partial charge >= 0.3 is 0 Å². The van der Waals surface area contributed by atoms with Crippen molar-refractivity contribution in [3.05, 3.63) is 5.75 Å². The lowest BCUT2D eigenvalue weighted by Gasteiger charge is -1.79. The molecule has 0 aromatic carbocycles. The van der Waals surface area contributed by atoms with Crippen LogP contribution in [0.4, 0.5) is 0 Å². The summed E-state index contributed by atoms with van der Waals surface area (Å²) < 4.78 is 19.8. The van der Waals surface area contributed by atoms with Gasteiger partial charge in [-0.1, -0.05) is 0 Å². The highest BCUT2D eigenvalue weighted by atomic mass is 32.2. The second-order valence-corrected chi connectivity index (χ2v) is 2.93. The lowest BCUT2D eigenvalue weighted by Crippen LogP contribution is -1.90. The van der Waals surface area contributed by atoms with Gasteiger partial charge < -0.3 is 0 Å². The first kappa shape index (κ1) is 5.95. The highest BCUT2D eigenvalue weighted by molar-refractivity contribution is 7.92. The molecule has 0 bridgehead atoms. The van der Waals surface area contributed by atoms with E-state index in [2.05, 4.69) is 5.75 Å². The summed E-state index contributed by atoms with van der Waals surface area (Å²) in [6.07, 6.45) is 1.10. The van der Waals surface area contributed by atoms with Crippen molar-refractivity contribution in [2.75, 3.05) is 6.26 Å². The van der Waals surface area contributed by atoms with Crippen LogP contribution in [0.15, 0.2) is 0 Å². The molecule has 0 aromatic heterocycles. The first-order valence-corrected chi connectivity index (χ1v) is 3.34. The molecule has 0 N–H and O–H groups in total.